The predicted octanol–water partition coefficient (Wildman–Crippen LogP) is 1.28. The van der Waals surface area contributed by atoms with Crippen molar-refractivity contribution in [3.05, 3.63) is 0 Å². The maximum Gasteiger partial charge on any atom is 0.114 e. The van der Waals surface area contributed by atoms with Crippen molar-refractivity contribution in [2.75, 3.05) is 6.61 Å². The van der Waals surface area contributed by atoms with Gasteiger partial charge in [0.05, 0.1) is 5.71 Å². The van der Waals surface area contributed by atoms with Crippen LogP contribution in [0.25, 0.3) is 0 Å². The molecule has 0 saturated heterocycles. The Balaban J connectivity index is 2.26. The average Bonchev–Trinajstić information content (AvgIpc) is 2.04. The number of rotatable bonds is 2. The minimum Gasteiger partial charge on any atom is -0.396 e. The van der Waals surface area contributed by atoms with E-state index in [9.17, 15) is 0 Å². The largest absolute Gasteiger partial charge is 0.396 e. The lowest BCUT2D eigenvalue weighted by molar-refractivity contribution is 0.156. The number of oxime groups is 1. The second-order valence-electron chi connectivity index (χ2n) is 2.91. The first-order chi connectivity index (χ1) is 5.33. The molecular formula is C8H16N2O. The minimum absolute atomic E-state index is 0.385. The molecule has 0 unspecified atom stereocenters. The summed E-state index contributed by atoms with van der Waals surface area (Å²) in [6.45, 7) is 2.61. The molecular weight excluding hydrogens is 140 g/mol. The fourth-order valence-electron chi connectivity index (χ4n) is 1.22. The Morgan fingerprint density at radius 3 is 2.73 bits per heavy atom. The summed E-state index contributed by atoms with van der Waals surface area (Å²) in [6, 6.07) is 0.385. The Bertz CT molecular complexity index is 135. The molecule has 0 bridgehead atoms. The number of nitrogens with two attached hydrogens (primary N) is 1. The Morgan fingerprint density at radius 1 is 1.55 bits per heavy atom. The van der Waals surface area contributed by atoms with Crippen LogP contribution < -0.4 is 5.73 Å². The summed E-state index contributed by atoms with van der Waals surface area (Å²) in [5, 5.41) is 4.00. The van der Waals surface area contributed by atoms with Gasteiger partial charge in [0.1, 0.15) is 6.61 Å². The summed E-state index contributed by atoms with van der Waals surface area (Å²) in [5.74, 6) is 0. The van der Waals surface area contributed by atoms with E-state index in [1.54, 1.807) is 0 Å². The van der Waals surface area contributed by atoms with Gasteiger partial charge in [-0.15, -0.1) is 0 Å². The zero-order valence-corrected chi connectivity index (χ0v) is 7.05. The van der Waals surface area contributed by atoms with Crippen molar-refractivity contribution in [3.63, 3.8) is 0 Å². The highest BCUT2D eigenvalue weighted by atomic mass is 16.6. The van der Waals surface area contributed by atoms with Crippen molar-refractivity contribution in [2.24, 2.45) is 10.9 Å². The Hall–Kier alpha value is -0.570. The van der Waals surface area contributed by atoms with E-state index in [1.165, 1.54) is 5.71 Å². The summed E-state index contributed by atoms with van der Waals surface area (Å²) >= 11 is 0. The van der Waals surface area contributed by atoms with Crippen molar-refractivity contribution >= 4 is 5.71 Å². The van der Waals surface area contributed by atoms with Gasteiger partial charge in [-0.25, -0.2) is 0 Å². The van der Waals surface area contributed by atoms with Gasteiger partial charge in [0.15, 0.2) is 0 Å². The molecule has 0 aromatic heterocycles. The van der Waals surface area contributed by atoms with Gasteiger partial charge in [-0.1, -0.05) is 5.16 Å². The molecule has 0 radical (unpaired) electrons. The quantitative estimate of drug-likeness (QED) is 0.612. The lowest BCUT2D eigenvalue weighted by Gasteiger charge is -2.18. The van der Waals surface area contributed by atoms with E-state index in [1.807, 2.05) is 6.92 Å². The second-order valence-corrected chi connectivity index (χ2v) is 2.91. The molecule has 2 N–H and O–H groups in total. The van der Waals surface area contributed by atoms with Gasteiger partial charge in [0.2, 0.25) is 0 Å². The van der Waals surface area contributed by atoms with E-state index in [2.05, 4.69) is 5.16 Å². The summed E-state index contributed by atoms with van der Waals surface area (Å²) in [5.41, 5.74) is 6.90. The molecule has 3 nitrogen and oxygen atoms in total. The normalized spacial score (nSPS) is 24.9. The van der Waals surface area contributed by atoms with Crippen LogP contribution in [0.2, 0.25) is 0 Å². The van der Waals surface area contributed by atoms with Crippen LogP contribution in [-0.2, 0) is 4.84 Å². The fraction of sp³-hybridized carbons (Fsp3) is 0.875. The van der Waals surface area contributed by atoms with E-state index in [-0.39, 0.29) is 0 Å². The monoisotopic (exact) mass is 156 g/mol. The molecule has 0 aromatic carbocycles. The molecule has 11 heavy (non-hydrogen) atoms. The third-order valence-electron chi connectivity index (χ3n) is 1.93. The Labute approximate surface area is 67.6 Å². The number of hydrogen-bond acceptors (Lipinski definition) is 3. The standard InChI is InChI=1S/C8H16N2O/c1-2-11-10-8-5-3-7(9)4-6-8/h7H,2-6,9H2,1H3. The van der Waals surface area contributed by atoms with Crippen LogP contribution in [0.5, 0.6) is 0 Å². The molecule has 0 atom stereocenters. The van der Waals surface area contributed by atoms with Crippen LogP contribution in [0.3, 0.4) is 0 Å². The van der Waals surface area contributed by atoms with Gasteiger partial charge in [-0.05, 0) is 32.6 Å². The first-order valence-electron chi connectivity index (χ1n) is 4.26. The van der Waals surface area contributed by atoms with Gasteiger partial charge in [-0.2, -0.15) is 0 Å². The highest BCUT2D eigenvalue weighted by molar-refractivity contribution is 5.84. The Kier molecular flexibility index (Phi) is 3.36. The summed E-state index contributed by atoms with van der Waals surface area (Å²) < 4.78 is 0. The Morgan fingerprint density at radius 2 is 2.18 bits per heavy atom. The van der Waals surface area contributed by atoms with E-state index in [0.717, 1.165) is 25.7 Å². The molecule has 0 aliphatic heterocycles. The zero-order chi connectivity index (χ0) is 8.10. The van der Waals surface area contributed by atoms with E-state index < -0.39 is 0 Å². The molecule has 0 aromatic rings. The van der Waals surface area contributed by atoms with E-state index in [0.29, 0.717) is 12.6 Å². The maximum atomic E-state index is 5.73. The van der Waals surface area contributed by atoms with Crippen LogP contribution in [0.15, 0.2) is 5.16 Å². The molecule has 1 aliphatic rings. The van der Waals surface area contributed by atoms with E-state index in [4.69, 9.17) is 10.6 Å². The van der Waals surface area contributed by atoms with Crippen LogP contribution in [-0.4, -0.2) is 18.4 Å². The first kappa shape index (κ1) is 8.53. The molecule has 0 heterocycles. The van der Waals surface area contributed by atoms with Crippen LogP contribution in [0, 0.1) is 0 Å². The highest BCUT2D eigenvalue weighted by Gasteiger charge is 2.13. The van der Waals surface area contributed by atoms with Crippen LogP contribution in [0.1, 0.15) is 32.6 Å². The van der Waals surface area contributed by atoms with Gasteiger partial charge in [0.25, 0.3) is 0 Å². The molecule has 0 spiro atoms. The minimum atomic E-state index is 0.385. The second kappa shape index (κ2) is 4.34. The predicted molar refractivity (Wildman–Crippen MR) is 45.5 cm³/mol. The summed E-state index contributed by atoms with van der Waals surface area (Å²) in [7, 11) is 0. The van der Waals surface area contributed by atoms with Gasteiger partial charge >= 0.3 is 0 Å². The van der Waals surface area contributed by atoms with Crippen molar-refractivity contribution in [1.82, 2.24) is 0 Å². The van der Waals surface area contributed by atoms with Crippen molar-refractivity contribution in [1.29, 1.82) is 0 Å². The van der Waals surface area contributed by atoms with Gasteiger partial charge in [0, 0.05) is 6.04 Å². The SMILES string of the molecule is CCON=C1CCC(N)CC1. The zero-order valence-electron chi connectivity index (χ0n) is 7.05. The highest BCUT2D eigenvalue weighted by Crippen LogP contribution is 2.14. The van der Waals surface area contributed by atoms with Crippen molar-refractivity contribution in [2.45, 2.75) is 38.6 Å². The lowest BCUT2D eigenvalue weighted by Crippen LogP contribution is -2.26. The third-order valence-corrected chi connectivity index (χ3v) is 1.93. The average molecular weight is 156 g/mol. The molecule has 3 heteroatoms. The molecule has 0 amide bonds. The lowest BCUT2D eigenvalue weighted by atomic mass is 9.95. The molecule has 1 aliphatic carbocycles. The van der Waals surface area contributed by atoms with Crippen LogP contribution in [0.4, 0.5) is 0 Å². The third kappa shape index (κ3) is 2.89. The summed E-state index contributed by atoms with van der Waals surface area (Å²) in [4.78, 5) is 4.96. The number of hydrogen-bond donors (Lipinski definition) is 1. The summed E-state index contributed by atoms with van der Waals surface area (Å²) in [6.07, 6.45) is 4.15. The van der Waals surface area contributed by atoms with Gasteiger partial charge in [-0.3, -0.25) is 0 Å². The van der Waals surface area contributed by atoms with Crippen LogP contribution >= 0.6 is 0 Å². The van der Waals surface area contributed by atoms with Gasteiger partial charge < -0.3 is 10.6 Å². The number of nitrogens with zero attached hydrogens (tertiary/aromatic N) is 1. The topological polar surface area (TPSA) is 47.6 Å². The maximum absolute atomic E-state index is 5.73. The fourth-order valence-corrected chi connectivity index (χ4v) is 1.22. The molecule has 1 saturated carbocycles. The molecule has 1 rings (SSSR count). The molecule has 64 valence electrons. The van der Waals surface area contributed by atoms with Crippen molar-refractivity contribution in [3.8, 4) is 0 Å². The molecule has 1 fully saturated rings. The van der Waals surface area contributed by atoms with Crippen molar-refractivity contribution < 1.29 is 4.84 Å². The first-order valence-corrected chi connectivity index (χ1v) is 4.26. The smallest absolute Gasteiger partial charge is 0.114 e. The van der Waals surface area contributed by atoms with E-state index >= 15 is 0 Å².